The van der Waals surface area contributed by atoms with E-state index in [0.29, 0.717) is 26.1 Å². The summed E-state index contributed by atoms with van der Waals surface area (Å²) in [5.41, 5.74) is 5.50. The van der Waals surface area contributed by atoms with Crippen LogP contribution in [0.3, 0.4) is 0 Å². The lowest BCUT2D eigenvalue weighted by atomic mass is 10.2. The number of rotatable bonds is 9. The van der Waals surface area contributed by atoms with Crippen molar-refractivity contribution in [3.05, 3.63) is 30.3 Å². The Morgan fingerprint density at radius 3 is 2.65 bits per heavy atom. The van der Waals surface area contributed by atoms with E-state index in [0.717, 1.165) is 12.2 Å². The van der Waals surface area contributed by atoms with Crippen molar-refractivity contribution in [3.63, 3.8) is 0 Å². The van der Waals surface area contributed by atoms with E-state index in [1.807, 2.05) is 30.3 Å². The molecule has 1 atom stereocenters. The second-order valence-electron chi connectivity index (χ2n) is 4.63. The molecule has 5 heteroatoms. The first-order valence-corrected chi connectivity index (χ1v) is 6.82. The molecule has 112 valence electrons. The molecule has 1 rings (SSSR count). The van der Waals surface area contributed by atoms with Crippen LogP contribution in [-0.2, 0) is 9.53 Å². The first-order chi connectivity index (χ1) is 9.67. The average molecular weight is 280 g/mol. The number of hydrogen-bond acceptors (Lipinski definition) is 4. The number of amides is 1. The van der Waals surface area contributed by atoms with Crippen LogP contribution in [0.25, 0.3) is 0 Å². The maximum Gasteiger partial charge on any atom is 0.224 e. The summed E-state index contributed by atoms with van der Waals surface area (Å²) in [6.45, 7) is 1.60. The third-order valence-corrected chi connectivity index (χ3v) is 3.07. The van der Waals surface area contributed by atoms with Gasteiger partial charge in [0, 0.05) is 27.2 Å². The summed E-state index contributed by atoms with van der Waals surface area (Å²) in [5, 5.41) is 0. The van der Waals surface area contributed by atoms with Crippen LogP contribution in [0.2, 0.25) is 0 Å². The fraction of sp³-hybridized carbons (Fsp3) is 0.533. The minimum absolute atomic E-state index is 0.0435. The Morgan fingerprint density at radius 2 is 2.05 bits per heavy atom. The molecule has 1 aromatic rings. The van der Waals surface area contributed by atoms with Crippen molar-refractivity contribution >= 4 is 5.91 Å². The number of hydrogen-bond donors (Lipinski definition) is 1. The maximum absolute atomic E-state index is 11.9. The Hall–Kier alpha value is -1.59. The normalized spacial score (nSPS) is 11.9. The monoisotopic (exact) mass is 280 g/mol. The van der Waals surface area contributed by atoms with Gasteiger partial charge in [-0.15, -0.1) is 0 Å². The molecule has 0 aliphatic heterocycles. The van der Waals surface area contributed by atoms with Crippen LogP contribution in [0.5, 0.6) is 5.75 Å². The Morgan fingerprint density at radius 1 is 1.35 bits per heavy atom. The molecular weight excluding hydrogens is 256 g/mol. The molecule has 0 aliphatic carbocycles. The summed E-state index contributed by atoms with van der Waals surface area (Å²) in [7, 11) is 3.35. The van der Waals surface area contributed by atoms with Gasteiger partial charge < -0.3 is 20.1 Å². The van der Waals surface area contributed by atoms with E-state index < -0.39 is 0 Å². The van der Waals surface area contributed by atoms with Gasteiger partial charge >= 0.3 is 0 Å². The molecular formula is C15H24N2O3. The first-order valence-electron chi connectivity index (χ1n) is 6.82. The predicted molar refractivity (Wildman–Crippen MR) is 78.7 cm³/mol. The van der Waals surface area contributed by atoms with E-state index in [1.165, 1.54) is 0 Å². The maximum atomic E-state index is 11.9. The lowest BCUT2D eigenvalue weighted by Crippen LogP contribution is -2.34. The molecule has 0 heterocycles. The average Bonchev–Trinajstić information content (AvgIpc) is 2.49. The van der Waals surface area contributed by atoms with Crippen LogP contribution in [0.1, 0.15) is 12.8 Å². The summed E-state index contributed by atoms with van der Waals surface area (Å²) in [6.07, 6.45) is 0.908. The zero-order valence-corrected chi connectivity index (χ0v) is 12.2. The van der Waals surface area contributed by atoms with Gasteiger partial charge in [-0.25, -0.2) is 0 Å². The van der Waals surface area contributed by atoms with Gasteiger partial charge in [0.05, 0.1) is 19.1 Å². The third-order valence-electron chi connectivity index (χ3n) is 3.07. The smallest absolute Gasteiger partial charge is 0.224 e. The SMILES string of the molecule is COC(CN)CC(=O)N(C)CCCOc1ccccc1. The van der Waals surface area contributed by atoms with Crippen molar-refractivity contribution in [1.29, 1.82) is 0 Å². The van der Waals surface area contributed by atoms with E-state index >= 15 is 0 Å². The van der Waals surface area contributed by atoms with E-state index in [-0.39, 0.29) is 12.0 Å². The largest absolute Gasteiger partial charge is 0.494 e. The summed E-state index contributed by atoms with van der Waals surface area (Å²) in [5.74, 6) is 0.895. The molecule has 1 unspecified atom stereocenters. The zero-order valence-electron chi connectivity index (χ0n) is 12.2. The van der Waals surface area contributed by atoms with Crippen LogP contribution in [0, 0.1) is 0 Å². The van der Waals surface area contributed by atoms with Gasteiger partial charge in [0.15, 0.2) is 0 Å². The molecule has 0 fully saturated rings. The second kappa shape index (κ2) is 9.34. The van der Waals surface area contributed by atoms with E-state index in [4.69, 9.17) is 15.2 Å². The van der Waals surface area contributed by atoms with Crippen molar-refractivity contribution < 1.29 is 14.3 Å². The van der Waals surface area contributed by atoms with Crippen LogP contribution in [-0.4, -0.2) is 50.8 Å². The number of ether oxygens (including phenoxy) is 2. The van der Waals surface area contributed by atoms with Crippen LogP contribution < -0.4 is 10.5 Å². The molecule has 0 spiro atoms. The number of nitrogens with two attached hydrogens (primary N) is 1. The van der Waals surface area contributed by atoms with Gasteiger partial charge in [-0.3, -0.25) is 4.79 Å². The predicted octanol–water partition coefficient (Wildman–Crippen LogP) is 1.28. The minimum Gasteiger partial charge on any atom is -0.494 e. The van der Waals surface area contributed by atoms with Crippen LogP contribution >= 0.6 is 0 Å². The molecule has 1 aromatic carbocycles. The van der Waals surface area contributed by atoms with Crippen molar-refractivity contribution in [3.8, 4) is 5.75 Å². The van der Waals surface area contributed by atoms with Crippen molar-refractivity contribution in [2.24, 2.45) is 5.73 Å². The number of carbonyl (C=O) groups is 1. The second-order valence-corrected chi connectivity index (χ2v) is 4.63. The van der Waals surface area contributed by atoms with E-state index in [9.17, 15) is 4.79 Å². The molecule has 0 bridgehead atoms. The van der Waals surface area contributed by atoms with E-state index in [1.54, 1.807) is 19.1 Å². The van der Waals surface area contributed by atoms with Crippen molar-refractivity contribution in [2.45, 2.75) is 18.9 Å². The van der Waals surface area contributed by atoms with Gasteiger partial charge in [-0.1, -0.05) is 18.2 Å². The molecule has 0 radical (unpaired) electrons. The lowest BCUT2D eigenvalue weighted by molar-refractivity contribution is -0.132. The van der Waals surface area contributed by atoms with Crippen molar-refractivity contribution in [1.82, 2.24) is 4.90 Å². The number of benzene rings is 1. The molecule has 20 heavy (non-hydrogen) atoms. The topological polar surface area (TPSA) is 64.8 Å². The minimum atomic E-state index is -0.203. The van der Waals surface area contributed by atoms with E-state index in [2.05, 4.69) is 0 Å². The molecule has 5 nitrogen and oxygen atoms in total. The quantitative estimate of drug-likeness (QED) is 0.692. The Kier molecular flexibility index (Phi) is 7.69. The van der Waals surface area contributed by atoms with Gasteiger partial charge in [0.1, 0.15) is 5.75 Å². The van der Waals surface area contributed by atoms with Gasteiger partial charge in [0.25, 0.3) is 0 Å². The fourth-order valence-corrected chi connectivity index (χ4v) is 1.75. The Balaban J connectivity index is 2.19. The Labute approximate surface area is 120 Å². The van der Waals surface area contributed by atoms with Crippen LogP contribution in [0.15, 0.2) is 30.3 Å². The molecule has 0 aromatic heterocycles. The van der Waals surface area contributed by atoms with Gasteiger partial charge in [0.2, 0.25) is 5.91 Å². The third kappa shape index (κ3) is 6.04. The summed E-state index contributed by atoms with van der Waals surface area (Å²) in [4.78, 5) is 13.6. The van der Waals surface area contributed by atoms with Crippen molar-refractivity contribution in [2.75, 3.05) is 33.9 Å². The molecule has 0 aliphatic rings. The highest BCUT2D eigenvalue weighted by molar-refractivity contribution is 5.76. The first kappa shape index (κ1) is 16.5. The molecule has 0 saturated carbocycles. The number of para-hydroxylation sites is 1. The number of nitrogens with zero attached hydrogens (tertiary/aromatic N) is 1. The zero-order chi connectivity index (χ0) is 14.8. The highest BCUT2D eigenvalue weighted by Gasteiger charge is 2.14. The molecule has 1 amide bonds. The fourth-order valence-electron chi connectivity index (χ4n) is 1.75. The number of carbonyl (C=O) groups excluding carboxylic acids is 1. The van der Waals surface area contributed by atoms with Crippen LogP contribution in [0.4, 0.5) is 0 Å². The summed E-state index contributed by atoms with van der Waals surface area (Å²) >= 11 is 0. The molecule has 2 N–H and O–H groups in total. The Bertz CT molecular complexity index is 380. The standard InChI is InChI=1S/C15H24N2O3/c1-17(15(18)11-14(12-16)19-2)9-6-10-20-13-7-4-3-5-8-13/h3-5,7-8,14H,6,9-12,16H2,1-2H3. The van der Waals surface area contributed by atoms with Gasteiger partial charge in [-0.05, 0) is 18.6 Å². The van der Waals surface area contributed by atoms with Gasteiger partial charge in [-0.2, -0.15) is 0 Å². The highest BCUT2D eigenvalue weighted by Crippen LogP contribution is 2.08. The summed E-state index contributed by atoms with van der Waals surface area (Å²) in [6, 6.07) is 9.65. The number of methoxy groups -OCH3 is 1. The lowest BCUT2D eigenvalue weighted by Gasteiger charge is -2.20. The highest BCUT2D eigenvalue weighted by atomic mass is 16.5. The summed E-state index contributed by atoms with van der Waals surface area (Å²) < 4.78 is 10.7. The molecule has 0 saturated heterocycles.